The standard InChI is InChI=1S/C22H13F2N5OS/c23-15-3-1-4-16(24)20(15)22(30)25-14-8-6-13(7-9-14)17-10-11-19-26-27-21(29(19)28-17)18-5-2-12-31-18/h1-12H,(H,25,30). The highest BCUT2D eigenvalue weighted by atomic mass is 32.1. The van der Waals surface area contributed by atoms with E-state index < -0.39 is 23.1 Å². The van der Waals surface area contributed by atoms with Gasteiger partial charge >= 0.3 is 0 Å². The van der Waals surface area contributed by atoms with Crippen LogP contribution in [0.3, 0.4) is 0 Å². The van der Waals surface area contributed by atoms with Crippen LogP contribution >= 0.6 is 11.3 Å². The third-order valence-electron chi connectivity index (χ3n) is 4.63. The second-order valence-electron chi connectivity index (χ2n) is 6.62. The molecule has 0 aliphatic rings. The fraction of sp³-hybridized carbons (Fsp3) is 0. The molecule has 1 amide bonds. The van der Waals surface area contributed by atoms with E-state index in [1.807, 2.05) is 29.6 Å². The molecule has 0 aliphatic heterocycles. The summed E-state index contributed by atoms with van der Waals surface area (Å²) in [6, 6.07) is 17.6. The lowest BCUT2D eigenvalue weighted by Crippen LogP contribution is -2.15. The molecule has 5 aromatic rings. The fourth-order valence-electron chi connectivity index (χ4n) is 3.13. The van der Waals surface area contributed by atoms with Crippen molar-refractivity contribution in [2.24, 2.45) is 0 Å². The molecule has 0 radical (unpaired) electrons. The van der Waals surface area contributed by atoms with Crippen LogP contribution in [-0.4, -0.2) is 25.7 Å². The molecule has 0 saturated carbocycles. The second kappa shape index (κ2) is 7.69. The van der Waals surface area contributed by atoms with E-state index in [0.29, 0.717) is 22.9 Å². The van der Waals surface area contributed by atoms with Gasteiger partial charge in [0.15, 0.2) is 11.5 Å². The maximum absolute atomic E-state index is 13.8. The Bertz CT molecular complexity index is 1380. The molecule has 31 heavy (non-hydrogen) atoms. The van der Waals surface area contributed by atoms with Crippen molar-refractivity contribution >= 4 is 28.6 Å². The van der Waals surface area contributed by atoms with Crippen LogP contribution in [0.5, 0.6) is 0 Å². The molecule has 0 saturated heterocycles. The number of rotatable bonds is 4. The van der Waals surface area contributed by atoms with Crippen LogP contribution in [0.4, 0.5) is 14.5 Å². The second-order valence-corrected chi connectivity index (χ2v) is 7.57. The van der Waals surface area contributed by atoms with E-state index in [2.05, 4.69) is 20.6 Å². The molecule has 0 unspecified atom stereocenters. The van der Waals surface area contributed by atoms with Gasteiger partial charge in [0.25, 0.3) is 5.91 Å². The van der Waals surface area contributed by atoms with Crippen LogP contribution in [0.1, 0.15) is 10.4 Å². The van der Waals surface area contributed by atoms with E-state index in [1.54, 1.807) is 40.1 Å². The minimum absolute atomic E-state index is 0.404. The smallest absolute Gasteiger partial charge is 0.261 e. The van der Waals surface area contributed by atoms with Gasteiger partial charge in [0.1, 0.15) is 17.2 Å². The van der Waals surface area contributed by atoms with E-state index in [4.69, 9.17) is 0 Å². The summed E-state index contributed by atoms with van der Waals surface area (Å²) in [5, 5.41) is 17.5. The van der Waals surface area contributed by atoms with Gasteiger partial charge in [0.2, 0.25) is 0 Å². The minimum atomic E-state index is -0.915. The Labute approximate surface area is 178 Å². The Morgan fingerprint density at radius 1 is 0.903 bits per heavy atom. The van der Waals surface area contributed by atoms with Crippen molar-refractivity contribution in [2.75, 3.05) is 5.32 Å². The van der Waals surface area contributed by atoms with Crippen LogP contribution in [0.15, 0.2) is 72.1 Å². The zero-order valence-electron chi connectivity index (χ0n) is 15.8. The lowest BCUT2D eigenvalue weighted by Gasteiger charge is -2.08. The maximum Gasteiger partial charge on any atom is 0.261 e. The number of hydrogen-bond acceptors (Lipinski definition) is 5. The summed E-state index contributed by atoms with van der Waals surface area (Å²) in [4.78, 5) is 13.2. The van der Waals surface area contributed by atoms with Crippen molar-refractivity contribution in [3.05, 3.63) is 89.3 Å². The molecule has 0 bridgehead atoms. The highest BCUT2D eigenvalue weighted by Crippen LogP contribution is 2.25. The third-order valence-corrected chi connectivity index (χ3v) is 5.50. The molecule has 0 fully saturated rings. The highest BCUT2D eigenvalue weighted by Gasteiger charge is 2.17. The molecule has 3 heterocycles. The van der Waals surface area contributed by atoms with Gasteiger partial charge < -0.3 is 5.32 Å². The van der Waals surface area contributed by atoms with Gasteiger partial charge in [0.05, 0.1) is 10.6 Å². The van der Waals surface area contributed by atoms with Crippen molar-refractivity contribution in [3.8, 4) is 22.0 Å². The predicted molar refractivity (Wildman–Crippen MR) is 114 cm³/mol. The van der Waals surface area contributed by atoms with Crippen molar-refractivity contribution in [2.45, 2.75) is 0 Å². The predicted octanol–water partition coefficient (Wildman–Crippen LogP) is 5.05. The molecule has 152 valence electrons. The number of nitrogens with zero attached hydrogens (tertiary/aromatic N) is 4. The number of carbonyl (C=O) groups excluding carboxylic acids is 1. The summed E-state index contributed by atoms with van der Waals surface area (Å²) in [5.41, 5.74) is 1.89. The molecule has 0 spiro atoms. The summed E-state index contributed by atoms with van der Waals surface area (Å²) in [6.07, 6.45) is 0. The summed E-state index contributed by atoms with van der Waals surface area (Å²) in [5.74, 6) is -2.03. The van der Waals surface area contributed by atoms with E-state index in [1.165, 1.54) is 6.07 Å². The van der Waals surface area contributed by atoms with Gasteiger partial charge in [-0.25, -0.2) is 8.78 Å². The number of thiophene rings is 1. The summed E-state index contributed by atoms with van der Waals surface area (Å²) < 4.78 is 29.3. The monoisotopic (exact) mass is 433 g/mol. The molecule has 5 rings (SSSR count). The van der Waals surface area contributed by atoms with E-state index >= 15 is 0 Å². The molecule has 3 aromatic heterocycles. The first kappa shape index (κ1) is 19.0. The van der Waals surface area contributed by atoms with Crippen LogP contribution in [-0.2, 0) is 0 Å². The average Bonchev–Trinajstić information content (AvgIpc) is 3.43. The molecule has 1 N–H and O–H groups in total. The molecular formula is C22H13F2N5OS. The van der Waals surface area contributed by atoms with Crippen molar-refractivity contribution in [3.63, 3.8) is 0 Å². The number of fused-ring (bicyclic) bond motifs is 1. The summed E-state index contributed by atoms with van der Waals surface area (Å²) in [7, 11) is 0. The average molecular weight is 433 g/mol. The fourth-order valence-corrected chi connectivity index (χ4v) is 3.83. The number of nitrogens with one attached hydrogen (secondary N) is 1. The third kappa shape index (κ3) is 3.55. The molecule has 2 aromatic carbocycles. The van der Waals surface area contributed by atoms with Crippen molar-refractivity contribution in [1.29, 1.82) is 0 Å². The van der Waals surface area contributed by atoms with E-state index in [9.17, 15) is 13.6 Å². The number of amides is 1. The Hall–Kier alpha value is -3.98. The van der Waals surface area contributed by atoms with Gasteiger partial charge in [0, 0.05) is 11.3 Å². The molecule has 6 nitrogen and oxygen atoms in total. The Morgan fingerprint density at radius 3 is 2.39 bits per heavy atom. The first-order chi connectivity index (χ1) is 15.1. The van der Waals surface area contributed by atoms with Gasteiger partial charge in [-0.15, -0.1) is 21.5 Å². The Morgan fingerprint density at radius 2 is 1.68 bits per heavy atom. The maximum atomic E-state index is 13.8. The molecule has 0 aliphatic carbocycles. The van der Waals surface area contributed by atoms with Crippen molar-refractivity contribution < 1.29 is 13.6 Å². The first-order valence-electron chi connectivity index (χ1n) is 9.22. The number of benzene rings is 2. The Kier molecular flexibility index (Phi) is 4.72. The zero-order chi connectivity index (χ0) is 21.4. The SMILES string of the molecule is O=C(Nc1ccc(-c2ccc3nnc(-c4cccs4)n3n2)cc1)c1c(F)cccc1F. The van der Waals surface area contributed by atoms with Gasteiger partial charge in [-0.3, -0.25) is 4.79 Å². The van der Waals surface area contributed by atoms with Gasteiger partial charge in [-0.05, 0) is 47.8 Å². The number of hydrogen-bond donors (Lipinski definition) is 1. The normalized spacial score (nSPS) is 11.0. The lowest BCUT2D eigenvalue weighted by molar-refractivity contribution is 0.101. The largest absolute Gasteiger partial charge is 0.322 e. The number of halogens is 2. The van der Waals surface area contributed by atoms with Crippen molar-refractivity contribution in [1.82, 2.24) is 19.8 Å². The summed E-state index contributed by atoms with van der Waals surface area (Å²) >= 11 is 1.55. The first-order valence-corrected chi connectivity index (χ1v) is 10.1. The quantitative estimate of drug-likeness (QED) is 0.431. The van der Waals surface area contributed by atoms with Gasteiger partial charge in [-0.2, -0.15) is 9.61 Å². The molecule has 0 atom stereocenters. The molecule has 9 heteroatoms. The Balaban J connectivity index is 1.42. The molecular weight excluding hydrogens is 420 g/mol. The summed E-state index contributed by atoms with van der Waals surface area (Å²) in [6.45, 7) is 0. The number of aromatic nitrogens is 4. The van der Waals surface area contributed by atoms with Crippen LogP contribution < -0.4 is 5.32 Å². The van der Waals surface area contributed by atoms with E-state index in [-0.39, 0.29) is 0 Å². The lowest BCUT2D eigenvalue weighted by atomic mass is 10.1. The zero-order valence-corrected chi connectivity index (χ0v) is 16.6. The van der Waals surface area contributed by atoms with E-state index in [0.717, 1.165) is 22.6 Å². The van der Waals surface area contributed by atoms with Crippen LogP contribution in [0.25, 0.3) is 27.6 Å². The van der Waals surface area contributed by atoms with Crippen LogP contribution in [0.2, 0.25) is 0 Å². The minimum Gasteiger partial charge on any atom is -0.322 e. The van der Waals surface area contributed by atoms with Crippen LogP contribution in [0, 0.1) is 11.6 Å². The number of anilines is 1. The number of carbonyl (C=O) groups is 1. The van der Waals surface area contributed by atoms with Gasteiger partial charge in [-0.1, -0.05) is 24.3 Å². The topological polar surface area (TPSA) is 72.2 Å². The highest BCUT2D eigenvalue weighted by molar-refractivity contribution is 7.13.